The van der Waals surface area contributed by atoms with Crippen LogP contribution >= 0.6 is 11.3 Å². The Morgan fingerprint density at radius 1 is 1.30 bits per heavy atom. The maximum absolute atomic E-state index is 12.2. The number of methoxy groups -OCH3 is 1. The summed E-state index contributed by atoms with van der Waals surface area (Å²) in [6.45, 7) is 1.29. The lowest BCUT2D eigenvalue weighted by molar-refractivity contribution is -0.120. The van der Waals surface area contributed by atoms with Crippen LogP contribution in [0.3, 0.4) is 0 Å². The van der Waals surface area contributed by atoms with Crippen molar-refractivity contribution < 1.29 is 14.3 Å². The van der Waals surface area contributed by atoms with Gasteiger partial charge in [0.15, 0.2) is 0 Å². The average molecular weight is 389 g/mol. The number of nitrogens with one attached hydrogen (secondary N) is 1. The number of hydrogen-bond acceptors (Lipinski definition) is 7. The molecule has 2 amide bonds. The number of nitrogens with zero attached hydrogens (tertiary/aromatic N) is 4. The summed E-state index contributed by atoms with van der Waals surface area (Å²) in [5.41, 5.74) is 0.994. The molecule has 0 aliphatic carbocycles. The van der Waals surface area contributed by atoms with Crippen LogP contribution in [0, 0.1) is 0 Å². The number of piperidine rings is 1. The molecule has 2 aromatic rings. The zero-order valence-corrected chi connectivity index (χ0v) is 16.3. The fraction of sp³-hybridized carbons (Fsp3) is 0.444. The van der Waals surface area contributed by atoms with Crippen molar-refractivity contribution in [3.63, 3.8) is 0 Å². The monoisotopic (exact) mass is 389 g/mol. The summed E-state index contributed by atoms with van der Waals surface area (Å²) in [5.74, 6) is 0.757. The van der Waals surface area contributed by atoms with Crippen molar-refractivity contribution in [3.05, 3.63) is 29.8 Å². The van der Waals surface area contributed by atoms with E-state index in [1.54, 1.807) is 24.0 Å². The molecule has 9 heteroatoms. The van der Waals surface area contributed by atoms with Gasteiger partial charge >= 0.3 is 0 Å². The SMILES string of the molecule is COc1ccc(CNC(=O)CN(C)c2nnc(N3CCCCC3=O)s2)cc1. The van der Waals surface area contributed by atoms with E-state index in [2.05, 4.69) is 15.5 Å². The highest BCUT2D eigenvalue weighted by Crippen LogP contribution is 2.28. The highest BCUT2D eigenvalue weighted by molar-refractivity contribution is 7.19. The Morgan fingerprint density at radius 2 is 2.07 bits per heavy atom. The number of carbonyl (C=O) groups excluding carboxylic acids is 2. The molecule has 27 heavy (non-hydrogen) atoms. The number of anilines is 2. The quantitative estimate of drug-likeness (QED) is 0.777. The smallest absolute Gasteiger partial charge is 0.239 e. The van der Waals surface area contributed by atoms with Gasteiger partial charge in [0.1, 0.15) is 5.75 Å². The molecule has 1 fully saturated rings. The molecule has 1 aliphatic heterocycles. The normalized spacial score (nSPS) is 14.1. The van der Waals surface area contributed by atoms with E-state index < -0.39 is 0 Å². The first-order valence-corrected chi connectivity index (χ1v) is 9.63. The van der Waals surface area contributed by atoms with Gasteiger partial charge in [-0.3, -0.25) is 14.5 Å². The number of rotatable bonds is 7. The van der Waals surface area contributed by atoms with Crippen LogP contribution < -0.4 is 19.9 Å². The van der Waals surface area contributed by atoms with Gasteiger partial charge in [0.25, 0.3) is 0 Å². The summed E-state index contributed by atoms with van der Waals surface area (Å²) >= 11 is 1.33. The molecule has 1 aromatic heterocycles. The molecule has 1 saturated heterocycles. The lowest BCUT2D eigenvalue weighted by Crippen LogP contribution is -2.35. The molecule has 1 aromatic carbocycles. The van der Waals surface area contributed by atoms with E-state index in [9.17, 15) is 9.59 Å². The topological polar surface area (TPSA) is 87.7 Å². The molecular weight excluding hydrogens is 366 g/mol. The van der Waals surface area contributed by atoms with Crippen molar-refractivity contribution in [3.8, 4) is 5.75 Å². The lowest BCUT2D eigenvalue weighted by atomic mass is 10.1. The summed E-state index contributed by atoms with van der Waals surface area (Å²) in [7, 11) is 3.40. The van der Waals surface area contributed by atoms with Crippen molar-refractivity contribution in [2.75, 3.05) is 37.0 Å². The van der Waals surface area contributed by atoms with Crippen molar-refractivity contribution >= 4 is 33.4 Å². The van der Waals surface area contributed by atoms with Gasteiger partial charge in [0.2, 0.25) is 22.1 Å². The molecule has 144 valence electrons. The molecular formula is C18H23N5O3S. The molecule has 0 spiro atoms. The van der Waals surface area contributed by atoms with Gasteiger partial charge in [-0.05, 0) is 30.5 Å². The first-order chi connectivity index (χ1) is 13.1. The fourth-order valence-electron chi connectivity index (χ4n) is 2.76. The molecule has 0 bridgehead atoms. The zero-order valence-electron chi connectivity index (χ0n) is 15.5. The number of carbonyl (C=O) groups is 2. The third-order valence-electron chi connectivity index (χ3n) is 4.31. The average Bonchev–Trinajstić information content (AvgIpc) is 3.17. The predicted molar refractivity (Wildman–Crippen MR) is 104 cm³/mol. The second kappa shape index (κ2) is 8.81. The summed E-state index contributed by atoms with van der Waals surface area (Å²) in [4.78, 5) is 27.6. The second-order valence-corrected chi connectivity index (χ2v) is 7.28. The summed E-state index contributed by atoms with van der Waals surface area (Å²) in [6, 6.07) is 7.54. The van der Waals surface area contributed by atoms with Crippen molar-refractivity contribution in [2.24, 2.45) is 0 Å². The second-order valence-electron chi connectivity index (χ2n) is 6.35. The Bertz CT molecular complexity index is 793. The summed E-state index contributed by atoms with van der Waals surface area (Å²) in [5, 5.41) is 12.3. The first-order valence-electron chi connectivity index (χ1n) is 8.81. The lowest BCUT2D eigenvalue weighted by Gasteiger charge is -2.23. The number of aromatic nitrogens is 2. The first kappa shape index (κ1) is 19.1. The number of benzene rings is 1. The van der Waals surface area contributed by atoms with Crippen molar-refractivity contribution in [1.29, 1.82) is 0 Å². The molecule has 1 N–H and O–H groups in total. The maximum Gasteiger partial charge on any atom is 0.239 e. The Hall–Kier alpha value is -2.68. The Kier molecular flexibility index (Phi) is 6.23. The van der Waals surface area contributed by atoms with Crippen LogP contribution in [0.25, 0.3) is 0 Å². The van der Waals surface area contributed by atoms with E-state index in [1.807, 2.05) is 24.3 Å². The van der Waals surface area contributed by atoms with Crippen LogP contribution in [-0.2, 0) is 16.1 Å². The number of likely N-dealkylation sites (N-methyl/N-ethyl adjacent to an activating group) is 1. The minimum absolute atomic E-state index is 0.0869. The number of amides is 2. The van der Waals surface area contributed by atoms with E-state index in [0.717, 1.165) is 24.2 Å². The van der Waals surface area contributed by atoms with Crippen LogP contribution in [0.4, 0.5) is 10.3 Å². The van der Waals surface area contributed by atoms with Crippen LogP contribution in [0.5, 0.6) is 5.75 Å². The van der Waals surface area contributed by atoms with Gasteiger partial charge in [-0.15, -0.1) is 10.2 Å². The van der Waals surface area contributed by atoms with Gasteiger partial charge in [-0.25, -0.2) is 0 Å². The molecule has 8 nitrogen and oxygen atoms in total. The Labute approximate surface area is 162 Å². The molecule has 0 saturated carbocycles. The zero-order chi connectivity index (χ0) is 19.2. The van der Waals surface area contributed by atoms with Crippen LogP contribution in [0.2, 0.25) is 0 Å². The summed E-state index contributed by atoms with van der Waals surface area (Å²) in [6.07, 6.45) is 2.46. The fourth-order valence-corrected chi connectivity index (χ4v) is 3.61. The van der Waals surface area contributed by atoms with E-state index in [-0.39, 0.29) is 18.4 Å². The van der Waals surface area contributed by atoms with E-state index in [4.69, 9.17) is 4.74 Å². The third kappa shape index (κ3) is 4.94. The van der Waals surface area contributed by atoms with Crippen LogP contribution in [0.1, 0.15) is 24.8 Å². The highest BCUT2D eigenvalue weighted by atomic mass is 32.1. The standard InChI is InChI=1S/C18H23N5O3S/c1-22(12-15(24)19-11-13-6-8-14(26-2)9-7-13)17-20-21-18(27-17)23-10-4-3-5-16(23)25/h6-9H,3-5,10-12H2,1-2H3,(H,19,24). The van der Waals surface area contributed by atoms with Crippen LogP contribution in [-0.4, -0.2) is 49.3 Å². The van der Waals surface area contributed by atoms with E-state index >= 15 is 0 Å². The van der Waals surface area contributed by atoms with E-state index in [0.29, 0.717) is 29.8 Å². The third-order valence-corrected chi connectivity index (χ3v) is 5.37. The number of hydrogen-bond donors (Lipinski definition) is 1. The maximum atomic E-state index is 12.2. The Morgan fingerprint density at radius 3 is 2.78 bits per heavy atom. The van der Waals surface area contributed by atoms with Gasteiger partial charge in [0, 0.05) is 26.6 Å². The van der Waals surface area contributed by atoms with E-state index in [1.165, 1.54) is 11.3 Å². The minimum atomic E-state index is -0.112. The molecule has 0 atom stereocenters. The van der Waals surface area contributed by atoms with Crippen molar-refractivity contribution in [2.45, 2.75) is 25.8 Å². The highest BCUT2D eigenvalue weighted by Gasteiger charge is 2.24. The molecule has 0 radical (unpaired) electrons. The largest absolute Gasteiger partial charge is 0.497 e. The Balaban J connectivity index is 1.51. The molecule has 0 unspecified atom stereocenters. The van der Waals surface area contributed by atoms with Gasteiger partial charge in [-0.1, -0.05) is 23.5 Å². The van der Waals surface area contributed by atoms with Gasteiger partial charge in [-0.2, -0.15) is 0 Å². The molecule has 2 heterocycles. The summed E-state index contributed by atoms with van der Waals surface area (Å²) < 4.78 is 5.12. The number of ether oxygens (including phenoxy) is 1. The van der Waals surface area contributed by atoms with Crippen LogP contribution in [0.15, 0.2) is 24.3 Å². The minimum Gasteiger partial charge on any atom is -0.497 e. The van der Waals surface area contributed by atoms with Crippen molar-refractivity contribution in [1.82, 2.24) is 15.5 Å². The molecule has 1 aliphatic rings. The van der Waals surface area contributed by atoms with Gasteiger partial charge < -0.3 is 15.0 Å². The van der Waals surface area contributed by atoms with Gasteiger partial charge in [0.05, 0.1) is 13.7 Å². The molecule has 3 rings (SSSR count). The predicted octanol–water partition coefficient (Wildman–Crippen LogP) is 1.82.